The number of imidazole rings is 1. The first kappa shape index (κ1) is 14.7. The zero-order chi connectivity index (χ0) is 16.0. The van der Waals surface area contributed by atoms with E-state index in [1.165, 1.54) is 6.33 Å². The highest BCUT2D eigenvalue weighted by Crippen LogP contribution is 2.40. The minimum Gasteiger partial charge on any atom is -0.394 e. The second-order valence-corrected chi connectivity index (χ2v) is 5.28. The Morgan fingerprint density at radius 3 is 2.87 bits per heavy atom. The summed E-state index contributed by atoms with van der Waals surface area (Å²) >= 11 is 0. The molecule has 0 aromatic carbocycles. The number of aromatic nitrogens is 4. The van der Waals surface area contributed by atoms with Gasteiger partial charge in [0.2, 0.25) is 0 Å². The molecule has 2 aliphatic rings. The Balaban J connectivity index is 1.69. The van der Waals surface area contributed by atoms with Crippen molar-refractivity contribution in [3.8, 4) is 0 Å². The number of rotatable bonds is 4. The molecule has 3 N–H and O–H groups in total. The van der Waals surface area contributed by atoms with Crippen molar-refractivity contribution < 1.29 is 24.1 Å². The zero-order valence-electron chi connectivity index (χ0n) is 12.4. The first-order valence-corrected chi connectivity index (χ1v) is 7.34. The van der Waals surface area contributed by atoms with Crippen molar-refractivity contribution in [2.45, 2.75) is 37.9 Å². The summed E-state index contributed by atoms with van der Waals surface area (Å²) in [6, 6.07) is 0. The van der Waals surface area contributed by atoms with Crippen LogP contribution in [0.25, 0.3) is 11.2 Å². The van der Waals surface area contributed by atoms with Crippen molar-refractivity contribution in [1.82, 2.24) is 19.5 Å². The molecule has 2 aliphatic heterocycles. The van der Waals surface area contributed by atoms with Crippen molar-refractivity contribution in [3.05, 3.63) is 12.7 Å². The number of aliphatic hydroxyl groups is 1. The summed E-state index contributed by atoms with van der Waals surface area (Å²) in [7, 11) is 0. The van der Waals surface area contributed by atoms with Gasteiger partial charge in [0.05, 0.1) is 12.9 Å². The molecule has 4 heterocycles. The lowest BCUT2D eigenvalue weighted by Gasteiger charge is -2.20. The lowest BCUT2D eigenvalue weighted by molar-refractivity contribution is -0.265. The van der Waals surface area contributed by atoms with Crippen molar-refractivity contribution >= 4 is 17.0 Å². The molecule has 2 aromatic heterocycles. The maximum Gasteiger partial charge on any atom is 0.272 e. The van der Waals surface area contributed by atoms with E-state index in [1.807, 2.05) is 6.92 Å². The summed E-state index contributed by atoms with van der Waals surface area (Å²) in [5.41, 5.74) is 6.82. The molecule has 2 saturated heterocycles. The summed E-state index contributed by atoms with van der Waals surface area (Å²) in [5.74, 6) is 0.290. The number of fused-ring (bicyclic) bond motifs is 2. The fourth-order valence-corrected chi connectivity index (χ4v) is 2.95. The quantitative estimate of drug-likeness (QED) is 0.758. The van der Waals surface area contributed by atoms with Crippen LogP contribution in [0.1, 0.15) is 13.2 Å². The summed E-state index contributed by atoms with van der Waals surface area (Å²) in [6.07, 6.45) is 0.972. The van der Waals surface area contributed by atoms with E-state index >= 15 is 0 Å². The molecular weight excluding hydrogens is 306 g/mol. The highest BCUT2D eigenvalue weighted by atomic mass is 16.9. The monoisotopic (exact) mass is 323 g/mol. The third-order valence-electron chi connectivity index (χ3n) is 3.97. The maximum absolute atomic E-state index is 9.53. The van der Waals surface area contributed by atoms with Gasteiger partial charge in [-0.2, -0.15) is 0 Å². The van der Waals surface area contributed by atoms with Gasteiger partial charge in [-0.15, -0.1) is 0 Å². The topological polar surface area (TPSA) is 127 Å². The van der Waals surface area contributed by atoms with Crippen LogP contribution in [0.15, 0.2) is 12.7 Å². The molecule has 23 heavy (non-hydrogen) atoms. The van der Waals surface area contributed by atoms with E-state index in [0.29, 0.717) is 17.8 Å². The number of nitrogens with two attached hydrogens (primary N) is 1. The number of nitrogens with zero attached hydrogens (tertiary/aromatic N) is 4. The number of aliphatic hydroxyl groups excluding tert-OH is 1. The Kier molecular flexibility index (Phi) is 3.62. The van der Waals surface area contributed by atoms with Gasteiger partial charge >= 0.3 is 0 Å². The molecule has 0 saturated carbocycles. The molecule has 4 rings (SSSR count). The Morgan fingerprint density at radius 1 is 1.26 bits per heavy atom. The smallest absolute Gasteiger partial charge is 0.272 e. The van der Waals surface area contributed by atoms with Gasteiger partial charge in [0, 0.05) is 6.61 Å². The van der Waals surface area contributed by atoms with Gasteiger partial charge < -0.3 is 29.8 Å². The highest BCUT2D eigenvalue weighted by Gasteiger charge is 2.54. The molecule has 2 aromatic rings. The van der Waals surface area contributed by atoms with Crippen molar-refractivity contribution in [2.75, 3.05) is 18.9 Å². The minimum atomic E-state index is -0.773. The third kappa shape index (κ3) is 2.26. The van der Waals surface area contributed by atoms with Gasteiger partial charge in [-0.05, 0) is 6.92 Å². The summed E-state index contributed by atoms with van der Waals surface area (Å²) in [5, 5.41) is 9.53. The summed E-state index contributed by atoms with van der Waals surface area (Å²) < 4.78 is 24.4. The molecule has 2 fully saturated rings. The van der Waals surface area contributed by atoms with Crippen LogP contribution in [0.4, 0.5) is 5.82 Å². The highest BCUT2D eigenvalue weighted by molar-refractivity contribution is 5.81. The normalized spacial score (nSPS) is 33.4. The predicted molar refractivity (Wildman–Crippen MR) is 75.9 cm³/mol. The van der Waals surface area contributed by atoms with Crippen LogP contribution in [0.3, 0.4) is 0 Å². The van der Waals surface area contributed by atoms with E-state index in [0.717, 1.165) is 0 Å². The first-order chi connectivity index (χ1) is 11.2. The van der Waals surface area contributed by atoms with Crippen LogP contribution < -0.4 is 5.73 Å². The molecule has 5 atom stereocenters. The molecule has 124 valence electrons. The Bertz CT molecular complexity index is 709. The van der Waals surface area contributed by atoms with Crippen LogP contribution in [-0.4, -0.2) is 62.6 Å². The number of nitrogen functional groups attached to an aromatic ring is 1. The average molecular weight is 323 g/mol. The molecule has 0 amide bonds. The fraction of sp³-hybridized carbons (Fsp3) is 0.615. The molecule has 0 radical (unpaired) electrons. The van der Waals surface area contributed by atoms with Gasteiger partial charge in [-0.3, -0.25) is 4.57 Å². The van der Waals surface area contributed by atoms with E-state index in [-0.39, 0.29) is 12.4 Å². The zero-order valence-corrected chi connectivity index (χ0v) is 12.4. The van der Waals surface area contributed by atoms with E-state index < -0.39 is 31.0 Å². The number of hydrogen-bond acceptors (Lipinski definition) is 9. The van der Waals surface area contributed by atoms with Gasteiger partial charge in [0.1, 0.15) is 30.2 Å². The molecule has 10 heteroatoms. The van der Waals surface area contributed by atoms with E-state index in [2.05, 4.69) is 15.0 Å². The van der Waals surface area contributed by atoms with Crippen LogP contribution in [0.5, 0.6) is 0 Å². The van der Waals surface area contributed by atoms with Crippen LogP contribution in [-0.2, 0) is 18.9 Å². The minimum absolute atomic E-state index is 0.191. The Hall–Kier alpha value is -1.85. The van der Waals surface area contributed by atoms with E-state index in [4.69, 9.17) is 24.7 Å². The Labute approximate surface area is 131 Å². The van der Waals surface area contributed by atoms with Gasteiger partial charge in [-0.25, -0.2) is 15.0 Å². The predicted octanol–water partition coefficient (Wildman–Crippen LogP) is -0.598. The van der Waals surface area contributed by atoms with Crippen LogP contribution in [0.2, 0.25) is 0 Å². The SMILES string of the molecule is CCO[C@@H]1O[C@@H]2[C@H](O1)[C@H](CO)O[C@@H]2n1cnc2c(N)ncnc21. The standard InChI is InChI=1S/C13H17N5O5/c1-2-20-13-22-8-6(3-19)21-12(9(8)23-13)18-5-17-7-10(14)15-4-16-11(7)18/h4-6,8-9,12-13,19H,2-3H2,1H3,(H2,14,15,16)/t6-,8+,9+,12-,13-/m0/s1. The average Bonchev–Trinajstić information content (AvgIpc) is 3.21. The molecule has 0 bridgehead atoms. The van der Waals surface area contributed by atoms with Crippen molar-refractivity contribution in [1.29, 1.82) is 0 Å². The summed E-state index contributed by atoms with van der Waals surface area (Å²) in [4.78, 5) is 12.3. The third-order valence-corrected chi connectivity index (χ3v) is 3.97. The second-order valence-electron chi connectivity index (χ2n) is 5.28. The number of ether oxygens (including phenoxy) is 4. The molecule has 0 aliphatic carbocycles. The van der Waals surface area contributed by atoms with Crippen molar-refractivity contribution in [3.63, 3.8) is 0 Å². The van der Waals surface area contributed by atoms with E-state index in [1.54, 1.807) is 10.9 Å². The van der Waals surface area contributed by atoms with Gasteiger partial charge in [0.25, 0.3) is 6.48 Å². The van der Waals surface area contributed by atoms with E-state index in [9.17, 15) is 5.11 Å². The number of hydrogen-bond donors (Lipinski definition) is 2. The summed E-state index contributed by atoms with van der Waals surface area (Å²) in [6.45, 7) is 1.34. The van der Waals surface area contributed by atoms with Crippen LogP contribution >= 0.6 is 0 Å². The molecule has 10 nitrogen and oxygen atoms in total. The fourth-order valence-electron chi connectivity index (χ4n) is 2.95. The lowest BCUT2D eigenvalue weighted by atomic mass is 10.1. The largest absolute Gasteiger partial charge is 0.394 e. The molecule has 0 unspecified atom stereocenters. The lowest BCUT2D eigenvalue weighted by Crippen LogP contribution is -2.31. The number of anilines is 1. The van der Waals surface area contributed by atoms with Gasteiger partial charge in [-0.1, -0.05) is 0 Å². The van der Waals surface area contributed by atoms with Crippen molar-refractivity contribution in [2.24, 2.45) is 0 Å². The Morgan fingerprint density at radius 2 is 2.09 bits per heavy atom. The van der Waals surface area contributed by atoms with Gasteiger partial charge in [0.15, 0.2) is 17.7 Å². The van der Waals surface area contributed by atoms with Crippen LogP contribution in [0, 0.1) is 0 Å². The molecule has 0 spiro atoms. The maximum atomic E-state index is 9.53. The molecular formula is C13H17N5O5. The first-order valence-electron chi connectivity index (χ1n) is 7.34. The second kappa shape index (κ2) is 5.65.